The fourth-order valence-electron chi connectivity index (χ4n) is 5.23. The molecule has 0 fully saturated rings. The zero-order valence-corrected chi connectivity index (χ0v) is 22.2. The maximum absolute atomic E-state index is 13.7. The first-order valence-electron chi connectivity index (χ1n) is 13.0. The van der Waals surface area contributed by atoms with E-state index in [4.69, 9.17) is 13.9 Å². The zero-order chi connectivity index (χ0) is 26.8. The minimum atomic E-state index is -0.487. The van der Waals surface area contributed by atoms with Gasteiger partial charge in [-0.1, -0.05) is 31.9 Å². The molecule has 0 aliphatic carbocycles. The molecule has 38 heavy (non-hydrogen) atoms. The molecule has 1 aliphatic heterocycles. The Balaban J connectivity index is 1.61. The molecule has 2 aromatic heterocycles. The Bertz CT molecular complexity index is 1420. The number of aryl methyl sites for hydroxylation is 2. The van der Waals surface area contributed by atoms with E-state index in [1.54, 1.807) is 30.4 Å². The van der Waals surface area contributed by atoms with Crippen molar-refractivity contribution in [3.05, 3.63) is 82.4 Å². The first kappa shape index (κ1) is 25.4. The number of amides is 1. The first-order chi connectivity index (χ1) is 18.4. The molecule has 198 valence electrons. The standard InChI is InChI=1S/C30H33N3O5/c1-5-6-7-12-38-23-11-10-20(16-24(23)36-4)29-26-27(25-19(3)14-18(2)15-22(25)34)31-32-28(26)30(35)33(29)17-21-9-8-13-37-21/h8-11,13-16,29,34H,5-7,12,17H2,1-4H3,(H,31,32). The van der Waals surface area contributed by atoms with Gasteiger partial charge in [0.25, 0.3) is 5.91 Å². The zero-order valence-electron chi connectivity index (χ0n) is 22.2. The van der Waals surface area contributed by atoms with Crippen molar-refractivity contribution in [3.8, 4) is 28.5 Å². The van der Waals surface area contributed by atoms with Crippen molar-refractivity contribution in [2.24, 2.45) is 0 Å². The second kappa shape index (κ2) is 10.7. The number of aromatic nitrogens is 2. The van der Waals surface area contributed by atoms with E-state index in [2.05, 4.69) is 17.1 Å². The van der Waals surface area contributed by atoms with Gasteiger partial charge < -0.3 is 23.9 Å². The second-order valence-corrected chi connectivity index (χ2v) is 9.72. The minimum absolute atomic E-state index is 0.126. The van der Waals surface area contributed by atoms with Gasteiger partial charge in [-0.3, -0.25) is 9.89 Å². The van der Waals surface area contributed by atoms with E-state index in [0.717, 1.165) is 36.0 Å². The predicted octanol–water partition coefficient (Wildman–Crippen LogP) is 6.32. The third kappa shape index (κ3) is 4.62. The third-order valence-electron chi connectivity index (χ3n) is 6.97. The topological polar surface area (TPSA) is 101 Å². The van der Waals surface area contributed by atoms with Crippen molar-refractivity contribution in [1.82, 2.24) is 15.1 Å². The average Bonchev–Trinajstić information content (AvgIpc) is 3.61. The number of methoxy groups -OCH3 is 1. The summed E-state index contributed by atoms with van der Waals surface area (Å²) in [4.78, 5) is 15.4. The van der Waals surface area contributed by atoms with Crippen LogP contribution in [0.25, 0.3) is 11.3 Å². The van der Waals surface area contributed by atoms with Crippen LogP contribution in [0.1, 0.15) is 70.7 Å². The number of nitrogens with zero attached hydrogens (tertiary/aromatic N) is 2. The number of fused-ring (bicyclic) bond motifs is 1. The number of furan rings is 1. The minimum Gasteiger partial charge on any atom is -0.507 e. The summed E-state index contributed by atoms with van der Waals surface area (Å²) in [5.41, 5.74) is 4.93. The molecule has 0 saturated carbocycles. The lowest BCUT2D eigenvalue weighted by Gasteiger charge is -2.26. The lowest BCUT2D eigenvalue weighted by atomic mass is 9.93. The smallest absolute Gasteiger partial charge is 0.273 e. The molecule has 2 N–H and O–H groups in total. The van der Waals surface area contributed by atoms with Gasteiger partial charge in [-0.05, 0) is 67.3 Å². The van der Waals surface area contributed by atoms with Crippen LogP contribution in [0.5, 0.6) is 17.2 Å². The van der Waals surface area contributed by atoms with Crippen molar-refractivity contribution in [1.29, 1.82) is 0 Å². The van der Waals surface area contributed by atoms with Crippen LogP contribution >= 0.6 is 0 Å². The Morgan fingerprint density at radius 3 is 2.68 bits per heavy atom. The van der Waals surface area contributed by atoms with Gasteiger partial charge in [-0.15, -0.1) is 0 Å². The van der Waals surface area contributed by atoms with Crippen molar-refractivity contribution >= 4 is 5.91 Å². The highest BCUT2D eigenvalue weighted by Gasteiger charge is 2.43. The molecule has 1 aliphatic rings. The van der Waals surface area contributed by atoms with E-state index >= 15 is 0 Å². The number of nitrogens with one attached hydrogen (secondary N) is 1. The van der Waals surface area contributed by atoms with Gasteiger partial charge in [0.15, 0.2) is 11.5 Å². The van der Waals surface area contributed by atoms with Crippen LogP contribution in [-0.4, -0.2) is 39.8 Å². The normalized spacial score (nSPS) is 14.7. The summed E-state index contributed by atoms with van der Waals surface area (Å²) in [5, 5.41) is 18.4. The molecule has 1 unspecified atom stereocenters. The summed E-state index contributed by atoms with van der Waals surface area (Å²) in [6.45, 7) is 6.90. The predicted molar refractivity (Wildman–Crippen MR) is 144 cm³/mol. The Morgan fingerprint density at radius 1 is 1.13 bits per heavy atom. The van der Waals surface area contributed by atoms with Crippen LogP contribution in [0.15, 0.2) is 53.1 Å². The number of phenols is 1. The van der Waals surface area contributed by atoms with E-state index in [9.17, 15) is 9.90 Å². The van der Waals surface area contributed by atoms with Crippen molar-refractivity contribution in [3.63, 3.8) is 0 Å². The Kier molecular flexibility index (Phi) is 7.13. The summed E-state index contributed by atoms with van der Waals surface area (Å²) in [6, 6.07) is 12.6. The molecule has 2 aromatic carbocycles. The molecule has 5 rings (SSSR count). The molecule has 3 heterocycles. The lowest BCUT2D eigenvalue weighted by Crippen LogP contribution is -2.29. The quantitative estimate of drug-likeness (QED) is 0.240. The Hall–Kier alpha value is -4.20. The number of carbonyl (C=O) groups excluding carboxylic acids is 1. The maximum atomic E-state index is 13.7. The number of benzene rings is 2. The first-order valence-corrected chi connectivity index (χ1v) is 13.0. The van der Waals surface area contributed by atoms with E-state index in [-0.39, 0.29) is 18.2 Å². The highest BCUT2D eigenvalue weighted by atomic mass is 16.5. The molecule has 0 saturated heterocycles. The number of hydrogen-bond acceptors (Lipinski definition) is 6. The summed E-state index contributed by atoms with van der Waals surface area (Å²) < 4.78 is 17.3. The summed E-state index contributed by atoms with van der Waals surface area (Å²) in [7, 11) is 1.61. The van der Waals surface area contributed by atoms with E-state index < -0.39 is 6.04 Å². The molecular formula is C30H33N3O5. The number of hydrogen-bond donors (Lipinski definition) is 2. The summed E-state index contributed by atoms with van der Waals surface area (Å²) in [5.74, 6) is 1.86. The third-order valence-corrected chi connectivity index (χ3v) is 6.97. The number of aromatic amines is 1. The SMILES string of the molecule is CCCCCOc1ccc(C2c3c(-c4c(C)cc(C)cc4O)n[nH]c3C(=O)N2Cc2ccco2)cc1OC. The number of phenolic OH excluding ortho intramolecular Hbond substituents is 1. The molecule has 0 radical (unpaired) electrons. The van der Waals surface area contributed by atoms with Gasteiger partial charge in [0, 0.05) is 11.1 Å². The van der Waals surface area contributed by atoms with E-state index in [0.29, 0.717) is 46.4 Å². The molecule has 4 aromatic rings. The Morgan fingerprint density at radius 2 is 1.97 bits per heavy atom. The van der Waals surface area contributed by atoms with Crippen LogP contribution in [0.3, 0.4) is 0 Å². The maximum Gasteiger partial charge on any atom is 0.273 e. The number of aromatic hydroxyl groups is 1. The van der Waals surface area contributed by atoms with Gasteiger partial charge in [-0.2, -0.15) is 5.10 Å². The van der Waals surface area contributed by atoms with Gasteiger partial charge >= 0.3 is 0 Å². The number of H-pyrrole nitrogens is 1. The second-order valence-electron chi connectivity index (χ2n) is 9.72. The molecular weight excluding hydrogens is 482 g/mol. The average molecular weight is 516 g/mol. The molecule has 1 atom stereocenters. The Labute approximate surface area is 222 Å². The van der Waals surface area contributed by atoms with Gasteiger partial charge in [0.1, 0.15) is 22.9 Å². The van der Waals surface area contributed by atoms with Crippen LogP contribution in [-0.2, 0) is 6.54 Å². The molecule has 8 nitrogen and oxygen atoms in total. The monoisotopic (exact) mass is 515 g/mol. The molecule has 0 bridgehead atoms. The summed E-state index contributed by atoms with van der Waals surface area (Å²) in [6.07, 6.45) is 4.78. The number of ether oxygens (including phenoxy) is 2. The van der Waals surface area contributed by atoms with Crippen molar-refractivity contribution < 1.29 is 23.8 Å². The van der Waals surface area contributed by atoms with Gasteiger partial charge in [0.2, 0.25) is 0 Å². The largest absolute Gasteiger partial charge is 0.507 e. The van der Waals surface area contributed by atoms with Crippen molar-refractivity contribution in [2.45, 2.75) is 52.6 Å². The van der Waals surface area contributed by atoms with Crippen LogP contribution in [0.2, 0.25) is 0 Å². The number of rotatable bonds is 10. The summed E-state index contributed by atoms with van der Waals surface area (Å²) >= 11 is 0. The molecule has 0 spiro atoms. The fourth-order valence-corrected chi connectivity index (χ4v) is 5.23. The number of carbonyl (C=O) groups is 1. The van der Waals surface area contributed by atoms with Crippen LogP contribution in [0, 0.1) is 13.8 Å². The van der Waals surface area contributed by atoms with Gasteiger partial charge in [0.05, 0.1) is 32.6 Å². The van der Waals surface area contributed by atoms with E-state index in [1.165, 1.54) is 0 Å². The highest BCUT2D eigenvalue weighted by Crippen LogP contribution is 2.47. The van der Waals surface area contributed by atoms with Gasteiger partial charge in [-0.25, -0.2) is 0 Å². The number of unbranched alkanes of at least 4 members (excludes halogenated alkanes) is 2. The van der Waals surface area contributed by atoms with E-state index in [1.807, 2.05) is 44.2 Å². The van der Waals surface area contributed by atoms with Crippen LogP contribution < -0.4 is 9.47 Å². The highest BCUT2D eigenvalue weighted by molar-refractivity contribution is 6.00. The lowest BCUT2D eigenvalue weighted by molar-refractivity contribution is 0.0716. The molecule has 1 amide bonds. The van der Waals surface area contributed by atoms with Crippen molar-refractivity contribution in [2.75, 3.05) is 13.7 Å². The molecule has 8 heteroatoms. The van der Waals surface area contributed by atoms with Crippen LogP contribution in [0.4, 0.5) is 0 Å². The fraction of sp³-hybridized carbons (Fsp3) is 0.333.